The molecule has 0 radical (unpaired) electrons. The van der Waals surface area contributed by atoms with Crippen LogP contribution in [0.1, 0.15) is 101 Å². The molecule has 3 fully saturated rings. The number of nitrogens with zero attached hydrogens (tertiary/aromatic N) is 4. The second kappa shape index (κ2) is 25.2. The van der Waals surface area contributed by atoms with Crippen LogP contribution >= 0.6 is 0 Å². The number of ether oxygens (including phenoxy) is 6. The predicted octanol–water partition coefficient (Wildman–Crippen LogP) is 1.34. The van der Waals surface area contributed by atoms with Gasteiger partial charge >= 0.3 is 12.0 Å². The number of aromatic nitrogens is 2. The number of cyclic esters (lactones) is 1. The summed E-state index contributed by atoms with van der Waals surface area (Å²) in [4.78, 5) is 31.0. The van der Waals surface area contributed by atoms with Gasteiger partial charge in [0.1, 0.15) is 36.7 Å². The summed E-state index contributed by atoms with van der Waals surface area (Å²) in [5.74, 6) is -3.00. The molecule has 3 saturated heterocycles. The van der Waals surface area contributed by atoms with Crippen molar-refractivity contribution in [2.24, 2.45) is 17.8 Å². The molecule has 2 amide bonds. The number of nitrogens with one attached hydrogen (secondary N) is 2. The number of likely N-dealkylation sites (N-methyl/N-ethyl adjacent to an activating group) is 2. The van der Waals surface area contributed by atoms with Gasteiger partial charge in [0, 0.05) is 63.8 Å². The number of carbonyl (C=O) groups excluding carboxylic acids is 2. The summed E-state index contributed by atoms with van der Waals surface area (Å²) < 4.78 is 75.4. The Labute approximate surface area is 419 Å². The van der Waals surface area contributed by atoms with Gasteiger partial charge in [0.25, 0.3) is 0 Å². The number of rotatable bonds is 15. The molecule has 410 valence electrons. The molecule has 23 heteroatoms. The molecule has 4 heterocycles. The zero-order chi connectivity index (χ0) is 53.6. The second-order valence-electron chi connectivity index (χ2n) is 21.3. The van der Waals surface area contributed by atoms with Crippen molar-refractivity contribution < 1.29 is 76.4 Å². The number of hydrogen-bond donors (Lipinski definition) is 7. The number of aliphatic hydroxyl groups is 5. The number of hydrogen-bond acceptors (Lipinski definition) is 19. The Bertz CT molecular complexity index is 1980. The summed E-state index contributed by atoms with van der Waals surface area (Å²) >= 11 is 0. The number of carbonyl (C=O) groups is 2. The van der Waals surface area contributed by atoms with Crippen molar-refractivity contribution in [2.75, 3.05) is 53.8 Å². The van der Waals surface area contributed by atoms with Crippen molar-refractivity contribution in [3.63, 3.8) is 0 Å². The molecule has 7 N–H and O–H groups in total. The van der Waals surface area contributed by atoms with Crippen molar-refractivity contribution >= 4 is 21.8 Å². The van der Waals surface area contributed by atoms with Crippen LogP contribution in [-0.2, 0) is 49.5 Å². The van der Waals surface area contributed by atoms with Crippen LogP contribution in [0.15, 0.2) is 17.2 Å². The lowest BCUT2D eigenvalue weighted by atomic mass is 9.77. The smallest absolute Gasteiger partial charge is 0.315 e. The minimum atomic E-state index is -3.58. The van der Waals surface area contributed by atoms with Gasteiger partial charge in [-0.25, -0.2) is 17.6 Å². The van der Waals surface area contributed by atoms with E-state index in [-0.39, 0.29) is 55.4 Å². The van der Waals surface area contributed by atoms with Crippen LogP contribution in [0.5, 0.6) is 0 Å². The topological polar surface area (TPSA) is 281 Å². The molecule has 19 atom stereocenters. The number of alkyl halides is 1. The monoisotopic (exact) mass is 1040 g/mol. The predicted molar refractivity (Wildman–Crippen MR) is 258 cm³/mol. The van der Waals surface area contributed by atoms with Gasteiger partial charge in [-0.2, -0.15) is 5.10 Å². The molecule has 21 nitrogen and oxygen atoms in total. The van der Waals surface area contributed by atoms with E-state index in [1.165, 1.54) is 26.2 Å². The highest BCUT2D eigenvalue weighted by Crippen LogP contribution is 2.40. The molecule has 71 heavy (non-hydrogen) atoms. The zero-order valence-corrected chi connectivity index (χ0v) is 45.0. The summed E-state index contributed by atoms with van der Waals surface area (Å²) in [7, 11) is 1.46. The fourth-order valence-corrected chi connectivity index (χ4v) is 11.0. The normalized spacial score (nSPS) is 40.0. The Morgan fingerprint density at radius 2 is 1.69 bits per heavy atom. The minimum Gasteiger partial charge on any atom is -0.459 e. The summed E-state index contributed by atoms with van der Waals surface area (Å²) in [5.41, 5.74) is -4.38. The van der Waals surface area contributed by atoms with E-state index in [9.17, 15) is 47.9 Å². The third kappa shape index (κ3) is 15.4. The molecule has 1 aromatic rings. The van der Waals surface area contributed by atoms with E-state index in [2.05, 4.69) is 20.8 Å². The van der Waals surface area contributed by atoms with Gasteiger partial charge in [0.05, 0.1) is 53.3 Å². The van der Waals surface area contributed by atoms with Crippen LogP contribution < -0.4 is 10.6 Å². The minimum absolute atomic E-state index is 0.0381. The van der Waals surface area contributed by atoms with Gasteiger partial charge in [-0.05, 0) is 99.9 Å². The number of methoxy groups -OCH3 is 1. The van der Waals surface area contributed by atoms with E-state index in [4.69, 9.17) is 28.4 Å². The second-order valence-corrected chi connectivity index (χ2v) is 23.2. The first-order valence-corrected chi connectivity index (χ1v) is 26.7. The summed E-state index contributed by atoms with van der Waals surface area (Å²) in [6.07, 6.45) is -9.05. The van der Waals surface area contributed by atoms with Gasteiger partial charge in [0.2, 0.25) is 0 Å². The first-order chi connectivity index (χ1) is 32.9. The Balaban J connectivity index is 1.62. The Kier molecular flexibility index (Phi) is 21.5. The molecule has 1 aromatic heterocycles. The lowest BCUT2D eigenvalue weighted by Gasteiger charge is -2.49. The van der Waals surface area contributed by atoms with Gasteiger partial charge < -0.3 is 69.5 Å². The third-order valence-electron chi connectivity index (χ3n) is 14.9. The molecule has 4 rings (SSSR count). The Morgan fingerprint density at radius 1 is 1.03 bits per heavy atom. The van der Waals surface area contributed by atoms with Crippen LogP contribution in [0, 0.1) is 17.8 Å². The van der Waals surface area contributed by atoms with E-state index in [1.54, 1.807) is 62.6 Å². The van der Waals surface area contributed by atoms with Gasteiger partial charge in [0.15, 0.2) is 27.4 Å². The molecule has 0 aromatic carbocycles. The third-order valence-corrected chi connectivity index (χ3v) is 15.9. The van der Waals surface area contributed by atoms with Crippen molar-refractivity contribution in [1.82, 2.24) is 30.6 Å². The summed E-state index contributed by atoms with van der Waals surface area (Å²) in [5, 5.41) is 72.0. The lowest BCUT2D eigenvalue weighted by molar-refractivity contribution is -0.318. The van der Waals surface area contributed by atoms with E-state index in [0.29, 0.717) is 13.0 Å². The number of aliphatic hydroxyl groups excluding tert-OH is 3. The first kappa shape index (κ1) is 60.8. The van der Waals surface area contributed by atoms with Crippen LogP contribution in [0.3, 0.4) is 0 Å². The van der Waals surface area contributed by atoms with Crippen molar-refractivity contribution in [3.8, 4) is 0 Å². The van der Waals surface area contributed by atoms with Crippen LogP contribution in [0.25, 0.3) is 0 Å². The molecule has 0 bridgehead atoms. The average Bonchev–Trinajstić information content (AvgIpc) is 3.29. The summed E-state index contributed by atoms with van der Waals surface area (Å²) in [6.45, 7) is 16.9. The maximum atomic E-state index is 14.4. The average molecular weight is 1040 g/mol. The van der Waals surface area contributed by atoms with Crippen molar-refractivity contribution in [2.45, 2.75) is 203 Å². The van der Waals surface area contributed by atoms with Gasteiger partial charge in [-0.1, -0.05) is 20.8 Å². The van der Waals surface area contributed by atoms with Gasteiger partial charge in [-0.15, -0.1) is 5.10 Å². The van der Waals surface area contributed by atoms with Gasteiger partial charge in [-0.3, -0.25) is 9.69 Å². The quantitative estimate of drug-likeness (QED) is 0.122. The molecule has 3 aliphatic rings. The summed E-state index contributed by atoms with van der Waals surface area (Å²) in [6, 6.07) is -0.153. The molecule has 3 aliphatic heterocycles. The number of halogens is 1. The molecule has 0 saturated carbocycles. The fourth-order valence-electron chi connectivity index (χ4n) is 10.5. The molecule has 0 unspecified atom stereocenters. The lowest BCUT2D eigenvalue weighted by Crippen LogP contribution is -2.61. The molecule has 0 spiro atoms. The van der Waals surface area contributed by atoms with Crippen LogP contribution in [0.4, 0.5) is 9.18 Å². The molecular formula is C48H85FN6O15S. The number of amides is 2. The van der Waals surface area contributed by atoms with Crippen molar-refractivity contribution in [1.29, 1.82) is 0 Å². The first-order valence-electron chi connectivity index (χ1n) is 24.8. The van der Waals surface area contributed by atoms with E-state index in [1.807, 2.05) is 23.6 Å². The highest BCUT2D eigenvalue weighted by atomic mass is 32.2. The fraction of sp³-hybridized carbons (Fsp3) is 0.875. The molecule has 0 aliphatic carbocycles. The standard InChI is InChI=1S/C48H85FN6O15S/c1-15-35-48(10,62)40(57)30(6)55(12)25-26(2)22-46(8,61)42(28(4)39(29(5)43(59)68-35)69-37-23-47(9,65-13)41(58)31(7)67-37)70-44-38(56)34(20-27(3)66-44)54(11)19-18-50-45(60)51-33(24-49)21-32-16-17-36(53-52-32)71(14,63)64/h16-17,26-31,33-35,37-42,44,56-58,61-62H,15,18-25H2,1-14H3,(H2,50,51,60)/t26-,27-,28+,29-,30-,31+,33+,34+,35-,37+,38-,39+,40-,41+,42-,44+,46-,47-,48-/m1/s1. The number of esters is 1. The Hall–Kier alpha value is -2.78. The van der Waals surface area contributed by atoms with E-state index in [0.717, 1.165) is 6.26 Å². The molecular weight excluding hydrogens is 952 g/mol. The van der Waals surface area contributed by atoms with Crippen LogP contribution in [0.2, 0.25) is 0 Å². The number of urea groups is 1. The Morgan fingerprint density at radius 3 is 2.27 bits per heavy atom. The van der Waals surface area contributed by atoms with E-state index < -0.39 is 137 Å². The zero-order valence-electron chi connectivity index (χ0n) is 44.1. The highest BCUT2D eigenvalue weighted by molar-refractivity contribution is 7.90. The van der Waals surface area contributed by atoms with Crippen LogP contribution in [-0.4, -0.2) is 216 Å². The van der Waals surface area contributed by atoms with Crippen molar-refractivity contribution in [3.05, 3.63) is 17.8 Å². The largest absolute Gasteiger partial charge is 0.459 e. The van der Waals surface area contributed by atoms with E-state index >= 15 is 0 Å². The maximum Gasteiger partial charge on any atom is 0.315 e. The number of sulfone groups is 1. The SMILES string of the molecule is CC[C@H]1OC(=O)[C@H](C)[C@@H](O[C@H]2C[C@@](C)(OC)[C@@H](O)[C@H](C)O2)[C@H](C)[C@@H](O[C@@H]2O[C@H](C)C[C@H](N(C)CCNC(=O)N[C@H](CF)Cc3ccc(S(C)(=O)=O)nn3)[C@H]2O)[C@](C)(O)C[C@@H](C)CN(C)[C@H](C)[C@@H](O)[C@]1(C)O. The highest BCUT2D eigenvalue weighted by Gasteiger charge is 2.53. The maximum absolute atomic E-state index is 14.4.